The first-order valence-electron chi connectivity index (χ1n) is 5.96. The van der Waals surface area contributed by atoms with Crippen LogP contribution < -0.4 is 5.32 Å². The summed E-state index contributed by atoms with van der Waals surface area (Å²) in [6.07, 6.45) is 7.89. The second-order valence-electron chi connectivity index (χ2n) is 4.40. The molecule has 0 aromatic carbocycles. The first-order chi connectivity index (χ1) is 7.86. The molecule has 0 bridgehead atoms. The van der Waals surface area contributed by atoms with Crippen molar-refractivity contribution in [3.63, 3.8) is 0 Å². The Labute approximate surface area is 102 Å². The number of pyridine rings is 1. The lowest BCUT2D eigenvalue weighted by atomic mass is 9.82. The standard InChI is InChI=1S/C13H20N2S/c1-14-12(9-16-2)11-7-3-5-10-6-4-8-15-13(10)11/h4,6,8,11-12,14H,3,5,7,9H2,1-2H3. The minimum atomic E-state index is 0.559. The van der Waals surface area contributed by atoms with Gasteiger partial charge in [-0.05, 0) is 44.2 Å². The molecule has 0 spiro atoms. The molecule has 0 saturated heterocycles. The molecule has 1 aromatic rings. The molecule has 0 fully saturated rings. The van der Waals surface area contributed by atoms with Gasteiger partial charge in [0.15, 0.2) is 0 Å². The molecule has 1 aromatic heterocycles. The Bertz CT molecular complexity index is 340. The average molecular weight is 236 g/mol. The van der Waals surface area contributed by atoms with E-state index in [1.807, 2.05) is 18.0 Å². The summed E-state index contributed by atoms with van der Waals surface area (Å²) in [6.45, 7) is 0. The van der Waals surface area contributed by atoms with Crippen LogP contribution >= 0.6 is 11.8 Å². The highest BCUT2D eigenvalue weighted by atomic mass is 32.2. The van der Waals surface area contributed by atoms with Crippen LogP contribution in [0.15, 0.2) is 18.3 Å². The van der Waals surface area contributed by atoms with Crippen molar-refractivity contribution in [1.29, 1.82) is 0 Å². The van der Waals surface area contributed by atoms with Crippen molar-refractivity contribution < 1.29 is 0 Å². The number of hydrogen-bond donors (Lipinski definition) is 1. The van der Waals surface area contributed by atoms with Crippen molar-refractivity contribution in [2.45, 2.75) is 31.2 Å². The summed E-state index contributed by atoms with van der Waals surface area (Å²) in [6, 6.07) is 4.86. The third-order valence-electron chi connectivity index (χ3n) is 3.44. The van der Waals surface area contributed by atoms with Crippen LogP contribution in [0, 0.1) is 0 Å². The zero-order valence-electron chi connectivity index (χ0n) is 10.1. The van der Waals surface area contributed by atoms with Crippen molar-refractivity contribution in [2.75, 3.05) is 19.1 Å². The molecule has 1 aliphatic rings. The van der Waals surface area contributed by atoms with Gasteiger partial charge in [0.25, 0.3) is 0 Å². The molecule has 2 atom stereocenters. The number of hydrogen-bond acceptors (Lipinski definition) is 3. The van der Waals surface area contributed by atoms with E-state index in [0.717, 1.165) is 5.75 Å². The predicted octanol–water partition coefficient (Wildman–Crippen LogP) is 2.45. The van der Waals surface area contributed by atoms with Gasteiger partial charge in [0, 0.05) is 29.6 Å². The Kier molecular flexibility index (Phi) is 4.24. The minimum Gasteiger partial charge on any atom is -0.316 e. The molecule has 16 heavy (non-hydrogen) atoms. The van der Waals surface area contributed by atoms with Crippen LogP contribution in [0.5, 0.6) is 0 Å². The number of aromatic nitrogens is 1. The van der Waals surface area contributed by atoms with Gasteiger partial charge in [-0.2, -0.15) is 11.8 Å². The van der Waals surface area contributed by atoms with Crippen LogP contribution in [0.2, 0.25) is 0 Å². The summed E-state index contributed by atoms with van der Waals surface area (Å²) < 4.78 is 0. The Hall–Kier alpha value is -0.540. The molecule has 88 valence electrons. The number of thioether (sulfide) groups is 1. The summed E-state index contributed by atoms with van der Waals surface area (Å²) >= 11 is 1.91. The molecule has 1 aliphatic carbocycles. The molecule has 1 N–H and O–H groups in total. The van der Waals surface area contributed by atoms with Crippen LogP contribution in [0.25, 0.3) is 0 Å². The van der Waals surface area contributed by atoms with Crippen LogP contribution in [0.4, 0.5) is 0 Å². The van der Waals surface area contributed by atoms with Crippen molar-refractivity contribution in [2.24, 2.45) is 0 Å². The van der Waals surface area contributed by atoms with Gasteiger partial charge < -0.3 is 5.32 Å². The molecule has 3 heteroatoms. The third kappa shape index (κ3) is 2.41. The maximum absolute atomic E-state index is 4.60. The van der Waals surface area contributed by atoms with Gasteiger partial charge >= 0.3 is 0 Å². The predicted molar refractivity (Wildman–Crippen MR) is 71.1 cm³/mol. The zero-order valence-corrected chi connectivity index (χ0v) is 10.9. The molecule has 0 radical (unpaired) electrons. The fraction of sp³-hybridized carbons (Fsp3) is 0.615. The van der Waals surface area contributed by atoms with Gasteiger partial charge in [0.1, 0.15) is 0 Å². The van der Waals surface area contributed by atoms with E-state index in [-0.39, 0.29) is 0 Å². The number of rotatable bonds is 4. The number of nitrogens with one attached hydrogen (secondary N) is 1. The Morgan fingerprint density at radius 1 is 1.62 bits per heavy atom. The molecule has 0 aliphatic heterocycles. The summed E-state index contributed by atoms with van der Waals surface area (Å²) in [5.74, 6) is 1.76. The molecule has 2 unspecified atom stereocenters. The van der Waals surface area contributed by atoms with Gasteiger partial charge in [-0.15, -0.1) is 0 Å². The number of likely N-dealkylation sites (N-methyl/N-ethyl adjacent to an activating group) is 1. The lowest BCUT2D eigenvalue weighted by Crippen LogP contribution is -2.36. The van der Waals surface area contributed by atoms with Gasteiger partial charge in [-0.3, -0.25) is 4.98 Å². The zero-order chi connectivity index (χ0) is 11.4. The van der Waals surface area contributed by atoms with Crippen molar-refractivity contribution in [3.8, 4) is 0 Å². The molecule has 2 rings (SSSR count). The normalized spacial score (nSPS) is 21.5. The molecule has 1 heterocycles. The Balaban J connectivity index is 2.23. The number of fused-ring (bicyclic) bond motifs is 1. The van der Waals surface area contributed by atoms with E-state index in [9.17, 15) is 0 Å². The Morgan fingerprint density at radius 3 is 3.25 bits per heavy atom. The van der Waals surface area contributed by atoms with Gasteiger partial charge in [0.2, 0.25) is 0 Å². The molecular weight excluding hydrogens is 216 g/mol. The Morgan fingerprint density at radius 2 is 2.50 bits per heavy atom. The topological polar surface area (TPSA) is 24.9 Å². The summed E-state index contributed by atoms with van der Waals surface area (Å²) in [4.78, 5) is 4.60. The number of nitrogens with zero attached hydrogens (tertiary/aromatic N) is 1. The van der Waals surface area contributed by atoms with Crippen molar-refractivity contribution >= 4 is 11.8 Å². The highest BCUT2D eigenvalue weighted by Gasteiger charge is 2.27. The summed E-state index contributed by atoms with van der Waals surface area (Å²) in [7, 11) is 2.07. The van der Waals surface area contributed by atoms with Gasteiger partial charge in [-0.25, -0.2) is 0 Å². The molecular formula is C13H20N2S. The van der Waals surface area contributed by atoms with Crippen LogP contribution in [-0.2, 0) is 6.42 Å². The van der Waals surface area contributed by atoms with Crippen molar-refractivity contribution in [3.05, 3.63) is 29.6 Å². The first kappa shape index (κ1) is 11.9. The van der Waals surface area contributed by atoms with Crippen molar-refractivity contribution in [1.82, 2.24) is 10.3 Å². The highest BCUT2D eigenvalue weighted by Crippen LogP contribution is 2.33. The largest absolute Gasteiger partial charge is 0.316 e. The third-order valence-corrected chi connectivity index (χ3v) is 4.13. The van der Waals surface area contributed by atoms with E-state index in [4.69, 9.17) is 0 Å². The van der Waals surface area contributed by atoms with E-state index in [0.29, 0.717) is 12.0 Å². The highest BCUT2D eigenvalue weighted by molar-refractivity contribution is 7.98. The van der Waals surface area contributed by atoms with Gasteiger partial charge in [0.05, 0.1) is 0 Å². The van der Waals surface area contributed by atoms with E-state index in [2.05, 4.69) is 35.7 Å². The summed E-state index contributed by atoms with van der Waals surface area (Å²) in [5.41, 5.74) is 2.79. The first-order valence-corrected chi connectivity index (χ1v) is 7.36. The number of aryl methyl sites for hydroxylation is 1. The van der Waals surface area contributed by atoms with Gasteiger partial charge in [-0.1, -0.05) is 6.07 Å². The van der Waals surface area contributed by atoms with E-state index in [1.54, 1.807) is 0 Å². The average Bonchev–Trinajstić information content (AvgIpc) is 2.35. The maximum Gasteiger partial charge on any atom is 0.0482 e. The SMILES string of the molecule is CNC(CSC)C1CCCc2cccnc21. The lowest BCUT2D eigenvalue weighted by molar-refractivity contribution is 0.433. The second kappa shape index (κ2) is 5.69. The molecule has 2 nitrogen and oxygen atoms in total. The monoisotopic (exact) mass is 236 g/mol. The molecule has 0 saturated carbocycles. The minimum absolute atomic E-state index is 0.559. The fourth-order valence-electron chi connectivity index (χ4n) is 2.62. The second-order valence-corrected chi connectivity index (χ2v) is 5.31. The fourth-order valence-corrected chi connectivity index (χ4v) is 3.38. The lowest BCUT2D eigenvalue weighted by Gasteiger charge is -2.30. The van der Waals surface area contributed by atoms with Crippen LogP contribution in [-0.4, -0.2) is 30.1 Å². The van der Waals surface area contributed by atoms with E-state index >= 15 is 0 Å². The quantitative estimate of drug-likeness (QED) is 0.869. The van der Waals surface area contributed by atoms with E-state index < -0.39 is 0 Å². The molecule has 0 amide bonds. The van der Waals surface area contributed by atoms with Crippen LogP contribution in [0.3, 0.4) is 0 Å². The maximum atomic E-state index is 4.60. The van der Waals surface area contributed by atoms with E-state index in [1.165, 1.54) is 30.5 Å². The van der Waals surface area contributed by atoms with Crippen LogP contribution in [0.1, 0.15) is 30.0 Å². The summed E-state index contributed by atoms with van der Waals surface area (Å²) in [5, 5.41) is 3.45. The smallest absolute Gasteiger partial charge is 0.0482 e.